The van der Waals surface area contributed by atoms with Crippen LogP contribution in [-0.4, -0.2) is 15.6 Å². The van der Waals surface area contributed by atoms with Crippen LogP contribution in [0.5, 0.6) is 0 Å². The van der Waals surface area contributed by atoms with Gasteiger partial charge in [0.1, 0.15) is 0 Å². The predicted octanol–water partition coefficient (Wildman–Crippen LogP) is 2.53. The molecule has 0 saturated heterocycles. The van der Waals surface area contributed by atoms with Crippen molar-refractivity contribution in [2.45, 2.75) is 40.5 Å². The average molecular weight is 716 g/mol. The normalized spacial score (nSPS) is 11.1. The van der Waals surface area contributed by atoms with Crippen LogP contribution in [0.15, 0.2) is 18.2 Å². The minimum absolute atomic E-state index is 0. The number of ketones is 1. The minimum Gasteiger partial charge on any atom is 0 e. The summed E-state index contributed by atoms with van der Waals surface area (Å²) in [5.74, 6) is 0.246. The summed E-state index contributed by atoms with van der Waals surface area (Å²) in [6.45, 7) is 8.00. The Morgan fingerprint density at radius 3 is 2.23 bits per heavy atom. The number of hydrogen-bond acceptors (Lipinski definition) is 2. The second-order valence-corrected chi connectivity index (χ2v) is 20.0. The van der Waals surface area contributed by atoms with Crippen LogP contribution in [0.1, 0.15) is 50.2 Å². The number of rotatable bonds is 0. The van der Waals surface area contributed by atoms with E-state index >= 15 is 0 Å². The van der Waals surface area contributed by atoms with Crippen molar-refractivity contribution in [2.75, 3.05) is 0 Å². The summed E-state index contributed by atoms with van der Waals surface area (Å²) in [6.07, 6.45) is 1.44. The molecule has 22 heavy (non-hydrogen) atoms. The molecule has 2 aromatic rings. The van der Waals surface area contributed by atoms with Crippen LogP contribution in [0, 0.1) is 0 Å². The fraction of sp³-hybridized carbons (Fsp3) is 0.467. The number of aromatic nitrogens is 2. The van der Waals surface area contributed by atoms with Crippen molar-refractivity contribution >= 4 is 53.9 Å². The van der Waals surface area contributed by atoms with Gasteiger partial charge in [-0.1, -0.05) is 39.8 Å². The molecule has 1 aromatic heterocycles. The topological polar surface area (TPSA) is 34.9 Å². The second kappa shape index (κ2) is 15.0. The number of aryl methyl sites for hydroxylation is 2. The van der Waals surface area contributed by atoms with E-state index < -0.39 is 0 Å². The predicted molar refractivity (Wildman–Crippen MR) is 104 cm³/mol. The fourth-order valence-corrected chi connectivity index (χ4v) is 2.20. The number of Topliss-reactive ketones (excluding diaryl/α,β-unsaturated/α-hetero) is 1. The first-order valence-corrected chi connectivity index (χ1v) is 19.6. The standard InChI is InChI=1S/C11H10N2O.2C2H6.I3.Y/c1-13-9-5-6-10(14)7-3-2-4-8(12-13)11(7)9;2*1-2;1-3-2;/h2-4H,5-6H2,1H3;2*1-2H3;;/q;;;-1;. The van der Waals surface area contributed by atoms with Gasteiger partial charge >= 0.3 is 50.5 Å². The van der Waals surface area contributed by atoms with Gasteiger partial charge in [0, 0.05) is 62.8 Å². The van der Waals surface area contributed by atoms with Crippen LogP contribution in [-0.2, 0) is 46.2 Å². The summed E-state index contributed by atoms with van der Waals surface area (Å²) in [5, 5.41) is 5.44. The number of halogens is 3. The Kier molecular flexibility index (Phi) is 17.6. The first kappa shape index (κ1) is 25.9. The summed E-state index contributed by atoms with van der Waals surface area (Å²) < 4.78 is 1.89. The van der Waals surface area contributed by atoms with E-state index in [1.807, 2.05) is 57.6 Å². The molecule has 0 spiro atoms. The van der Waals surface area contributed by atoms with Crippen LogP contribution in [0.25, 0.3) is 10.9 Å². The molecular formula is C15H22I3N2OY-. The number of nitrogens with zero attached hydrogens (tertiary/aromatic N) is 2. The Bertz CT molecular complexity index is 573. The van der Waals surface area contributed by atoms with E-state index in [0.29, 0.717) is 19.7 Å². The quantitative estimate of drug-likeness (QED) is 0.394. The Labute approximate surface area is 188 Å². The van der Waals surface area contributed by atoms with Gasteiger partial charge in [-0.3, -0.25) is 9.48 Å². The van der Waals surface area contributed by atoms with Crippen LogP contribution >= 0.6 is 37.2 Å². The van der Waals surface area contributed by atoms with Gasteiger partial charge in [0.2, 0.25) is 0 Å². The zero-order chi connectivity index (χ0) is 16.4. The monoisotopic (exact) mass is 716 g/mol. The fourth-order valence-electron chi connectivity index (χ4n) is 2.20. The Morgan fingerprint density at radius 2 is 1.68 bits per heavy atom. The molecule has 0 N–H and O–H groups in total. The summed E-state index contributed by atoms with van der Waals surface area (Å²) in [7, 11) is 1.94. The maximum Gasteiger partial charge on any atom is 0 e. The van der Waals surface area contributed by atoms with E-state index in [9.17, 15) is 4.79 Å². The molecule has 1 aromatic carbocycles. The molecule has 0 amide bonds. The molecule has 0 bridgehead atoms. The van der Waals surface area contributed by atoms with E-state index in [2.05, 4.69) is 42.3 Å². The van der Waals surface area contributed by atoms with Crippen molar-refractivity contribution in [3.63, 3.8) is 0 Å². The van der Waals surface area contributed by atoms with Crippen LogP contribution in [0.4, 0.5) is 0 Å². The largest absolute Gasteiger partial charge is 0 e. The van der Waals surface area contributed by atoms with E-state index in [0.717, 1.165) is 22.9 Å². The molecule has 0 atom stereocenters. The summed E-state index contributed by atoms with van der Waals surface area (Å²) in [4.78, 5) is 11.6. The summed E-state index contributed by atoms with van der Waals surface area (Å²) in [6, 6.07) is 5.76. The maximum atomic E-state index is 11.6. The van der Waals surface area contributed by atoms with E-state index in [1.165, 1.54) is 5.69 Å². The number of hydrogen-bond donors (Lipinski definition) is 0. The van der Waals surface area contributed by atoms with Gasteiger partial charge in [-0.25, -0.2) is 0 Å². The van der Waals surface area contributed by atoms with Crippen molar-refractivity contribution in [3.8, 4) is 0 Å². The van der Waals surface area contributed by atoms with Crippen molar-refractivity contribution in [2.24, 2.45) is 7.05 Å². The first-order chi connectivity index (χ1) is 10.2. The van der Waals surface area contributed by atoms with Crippen molar-refractivity contribution in [1.29, 1.82) is 0 Å². The average Bonchev–Trinajstić information content (AvgIpc) is 2.85. The van der Waals surface area contributed by atoms with Gasteiger partial charge in [0.25, 0.3) is 0 Å². The minimum atomic E-state index is 0. The number of benzene rings is 1. The third kappa shape index (κ3) is 6.88. The molecule has 3 nitrogen and oxygen atoms in total. The van der Waals surface area contributed by atoms with Gasteiger partial charge in [-0.2, -0.15) is 5.10 Å². The van der Waals surface area contributed by atoms with Crippen molar-refractivity contribution in [1.82, 2.24) is 9.78 Å². The Morgan fingerprint density at radius 1 is 1.14 bits per heavy atom. The molecule has 123 valence electrons. The SMILES string of the molecule is CC.CC.Cn1nc2cccc3c2c1CCC3=O.I[I-]I.[Y]. The van der Waals surface area contributed by atoms with Crippen LogP contribution < -0.4 is 13.3 Å². The molecule has 1 heterocycles. The van der Waals surface area contributed by atoms with E-state index in [1.54, 1.807) is 0 Å². The Hall–Kier alpha value is 1.65. The smallest absolute Gasteiger partial charge is 0 e. The van der Waals surface area contributed by atoms with Crippen LogP contribution in [0.3, 0.4) is 0 Å². The molecule has 0 aliphatic heterocycles. The molecule has 3 rings (SSSR count). The first-order valence-electron chi connectivity index (χ1n) is 7.04. The number of carbonyl (C=O) groups is 1. The summed E-state index contributed by atoms with van der Waals surface area (Å²) >= 11 is 5.30. The molecular weight excluding hydrogens is 694 g/mol. The van der Waals surface area contributed by atoms with E-state index in [-0.39, 0.29) is 38.5 Å². The Balaban J connectivity index is 0. The van der Waals surface area contributed by atoms with Gasteiger partial charge < -0.3 is 0 Å². The third-order valence-corrected chi connectivity index (χ3v) is 2.87. The van der Waals surface area contributed by atoms with Crippen molar-refractivity contribution < 1.29 is 50.8 Å². The molecule has 1 aliphatic carbocycles. The van der Waals surface area contributed by atoms with Gasteiger partial charge in [0.05, 0.1) is 5.52 Å². The van der Waals surface area contributed by atoms with Gasteiger partial charge in [0.15, 0.2) is 5.78 Å². The third-order valence-electron chi connectivity index (χ3n) is 2.87. The zero-order valence-electron chi connectivity index (χ0n) is 13.7. The molecule has 0 fully saturated rings. The molecule has 1 radical (unpaired) electrons. The zero-order valence-corrected chi connectivity index (χ0v) is 23.0. The second-order valence-electron chi connectivity index (χ2n) is 3.75. The summed E-state index contributed by atoms with van der Waals surface area (Å²) in [5.41, 5.74) is 2.97. The molecule has 1 aliphatic rings. The number of carbonyl (C=O) groups excluding carboxylic acids is 1. The molecule has 0 unspecified atom stereocenters. The maximum absolute atomic E-state index is 11.6. The molecule has 7 heteroatoms. The van der Waals surface area contributed by atoms with Crippen molar-refractivity contribution in [3.05, 3.63) is 29.5 Å². The van der Waals surface area contributed by atoms with Crippen LogP contribution in [0.2, 0.25) is 0 Å². The van der Waals surface area contributed by atoms with Gasteiger partial charge in [-0.05, 0) is 12.5 Å². The van der Waals surface area contributed by atoms with E-state index in [4.69, 9.17) is 0 Å². The van der Waals surface area contributed by atoms with Gasteiger partial charge in [-0.15, -0.1) is 0 Å². The molecule has 0 saturated carbocycles.